The van der Waals surface area contributed by atoms with E-state index in [1.165, 1.54) is 36.9 Å². The van der Waals surface area contributed by atoms with Gasteiger partial charge in [-0.3, -0.25) is 19.0 Å². The zero-order valence-electron chi connectivity index (χ0n) is 23.5. The zero-order chi connectivity index (χ0) is 29.8. The Morgan fingerprint density at radius 1 is 1.05 bits per heavy atom. The maximum Gasteiger partial charge on any atom is 0.338 e. The van der Waals surface area contributed by atoms with E-state index in [2.05, 4.69) is 4.99 Å². The number of esters is 3. The molecule has 3 aromatic rings. The fourth-order valence-electron chi connectivity index (χ4n) is 4.30. The third-order valence-corrected chi connectivity index (χ3v) is 6.95. The quantitative estimate of drug-likeness (QED) is 0.295. The summed E-state index contributed by atoms with van der Waals surface area (Å²) < 4.78 is 23.3. The first kappa shape index (κ1) is 29.5. The fourth-order valence-corrected chi connectivity index (χ4v) is 5.34. The van der Waals surface area contributed by atoms with Crippen LogP contribution < -0.4 is 29.1 Å². The van der Waals surface area contributed by atoms with Crippen molar-refractivity contribution in [1.29, 1.82) is 0 Å². The van der Waals surface area contributed by atoms with Crippen LogP contribution in [0.1, 0.15) is 51.8 Å². The number of aromatic nitrogens is 1. The minimum absolute atomic E-state index is 0.102. The van der Waals surface area contributed by atoms with E-state index in [-0.39, 0.29) is 35.2 Å². The van der Waals surface area contributed by atoms with Crippen LogP contribution in [0.15, 0.2) is 63.5 Å². The third-order valence-electron chi connectivity index (χ3n) is 5.96. The molecule has 0 fully saturated rings. The number of thiazole rings is 1. The van der Waals surface area contributed by atoms with Gasteiger partial charge in [-0.15, -0.1) is 0 Å². The molecule has 41 heavy (non-hydrogen) atoms. The summed E-state index contributed by atoms with van der Waals surface area (Å²) in [6, 6.07) is 10.7. The fraction of sp³-hybridized carbons (Fsp3) is 0.300. The maximum absolute atomic E-state index is 13.9. The van der Waals surface area contributed by atoms with Gasteiger partial charge in [0, 0.05) is 13.8 Å². The summed E-state index contributed by atoms with van der Waals surface area (Å²) in [5, 5.41) is 0. The number of fused-ring (bicyclic) bond motifs is 1. The number of hydrogen-bond acceptors (Lipinski definition) is 10. The van der Waals surface area contributed by atoms with E-state index in [1.807, 2.05) is 13.8 Å². The Bertz CT molecular complexity index is 1730. The van der Waals surface area contributed by atoms with Crippen LogP contribution in [0.5, 0.6) is 17.2 Å². The van der Waals surface area contributed by atoms with E-state index in [0.29, 0.717) is 31.9 Å². The van der Waals surface area contributed by atoms with Crippen LogP contribution in [-0.4, -0.2) is 36.2 Å². The minimum Gasteiger partial charge on any atom is -0.493 e. The number of ether oxygens (including phenoxy) is 4. The van der Waals surface area contributed by atoms with Gasteiger partial charge in [0.1, 0.15) is 5.75 Å². The highest BCUT2D eigenvalue weighted by Gasteiger charge is 2.34. The smallest absolute Gasteiger partial charge is 0.338 e. The minimum atomic E-state index is -0.888. The van der Waals surface area contributed by atoms with E-state index in [9.17, 15) is 19.2 Å². The normalized spacial score (nSPS) is 14.8. The average Bonchev–Trinajstić information content (AvgIpc) is 3.20. The first-order valence-electron chi connectivity index (χ1n) is 12.8. The van der Waals surface area contributed by atoms with Crippen molar-refractivity contribution in [2.75, 3.05) is 13.7 Å². The molecule has 0 bridgehead atoms. The standard InChI is InChI=1S/C30H30N2O8S/c1-16(2)15-38-29(36)26-17(3)31-30-32(27(26)21-10-11-23(40-19(5)34)24(14-21)37-6)28(35)25(41-30)13-20-8-7-9-22(12-20)39-18(4)33/h7-14,16,27H,15H2,1-6H3/b25-13+/t27-/m0/s1. The average molecular weight is 579 g/mol. The maximum atomic E-state index is 13.9. The van der Waals surface area contributed by atoms with Crippen molar-refractivity contribution >= 4 is 35.3 Å². The predicted octanol–water partition coefficient (Wildman–Crippen LogP) is 3.29. The van der Waals surface area contributed by atoms with Gasteiger partial charge in [0.05, 0.1) is 35.6 Å². The van der Waals surface area contributed by atoms with Gasteiger partial charge in [0.15, 0.2) is 16.3 Å². The molecule has 11 heteroatoms. The highest BCUT2D eigenvalue weighted by atomic mass is 32.1. The lowest BCUT2D eigenvalue weighted by atomic mass is 9.95. The summed E-state index contributed by atoms with van der Waals surface area (Å²) in [4.78, 5) is 55.3. The summed E-state index contributed by atoms with van der Waals surface area (Å²) in [6.07, 6.45) is 1.67. The lowest BCUT2D eigenvalue weighted by molar-refractivity contribution is -0.140. The van der Waals surface area contributed by atoms with E-state index >= 15 is 0 Å². The van der Waals surface area contributed by atoms with Crippen LogP contribution in [0.4, 0.5) is 0 Å². The number of benzene rings is 2. The molecule has 0 spiro atoms. The third kappa shape index (κ3) is 6.63. The lowest BCUT2D eigenvalue weighted by Crippen LogP contribution is -2.40. The van der Waals surface area contributed by atoms with Crippen LogP contribution >= 0.6 is 11.3 Å². The van der Waals surface area contributed by atoms with E-state index in [0.717, 1.165) is 0 Å². The van der Waals surface area contributed by atoms with Crippen molar-refractivity contribution in [2.24, 2.45) is 10.9 Å². The topological polar surface area (TPSA) is 122 Å². The molecule has 0 radical (unpaired) electrons. The van der Waals surface area contributed by atoms with Crippen molar-refractivity contribution in [3.8, 4) is 17.2 Å². The Kier molecular flexibility index (Phi) is 8.87. The molecular weight excluding hydrogens is 548 g/mol. The van der Waals surface area contributed by atoms with Crippen LogP contribution in [0.25, 0.3) is 6.08 Å². The summed E-state index contributed by atoms with van der Waals surface area (Å²) in [7, 11) is 1.43. The first-order chi connectivity index (χ1) is 19.5. The number of hydrogen-bond donors (Lipinski definition) is 0. The molecule has 0 saturated heterocycles. The number of rotatable bonds is 8. The molecule has 0 aliphatic carbocycles. The molecule has 10 nitrogen and oxygen atoms in total. The molecule has 214 valence electrons. The van der Waals surface area contributed by atoms with E-state index < -0.39 is 23.9 Å². The van der Waals surface area contributed by atoms with Gasteiger partial charge in [-0.05, 0) is 54.3 Å². The Hall–Kier alpha value is -4.51. The Balaban J connectivity index is 1.90. The molecule has 1 atom stereocenters. The van der Waals surface area contributed by atoms with Crippen molar-refractivity contribution in [3.05, 3.63) is 84.5 Å². The number of carbonyl (C=O) groups excluding carboxylic acids is 3. The molecular formula is C30H30N2O8S. The number of allylic oxidation sites excluding steroid dienone is 1. The van der Waals surface area contributed by atoms with E-state index in [1.54, 1.807) is 55.5 Å². The summed E-state index contributed by atoms with van der Waals surface area (Å²) in [6.45, 7) is 8.34. The highest BCUT2D eigenvalue weighted by Crippen LogP contribution is 2.36. The van der Waals surface area contributed by atoms with Crippen LogP contribution in [-0.2, 0) is 19.1 Å². The van der Waals surface area contributed by atoms with Crippen molar-refractivity contribution in [3.63, 3.8) is 0 Å². The SMILES string of the molecule is COc1cc([C@H]2C(C(=O)OCC(C)C)=C(C)N=c3s/c(=C/c4cccc(OC(C)=O)c4)c(=O)n32)ccc1OC(C)=O. The highest BCUT2D eigenvalue weighted by molar-refractivity contribution is 7.07. The van der Waals surface area contributed by atoms with Crippen LogP contribution in [0.3, 0.4) is 0 Å². The first-order valence-corrected chi connectivity index (χ1v) is 13.6. The van der Waals surface area contributed by atoms with Gasteiger partial charge in [-0.2, -0.15) is 0 Å². The Labute approximate surface area is 240 Å². The van der Waals surface area contributed by atoms with Gasteiger partial charge in [0.2, 0.25) is 0 Å². The molecule has 2 heterocycles. The summed E-state index contributed by atoms with van der Waals surface area (Å²) >= 11 is 1.17. The zero-order valence-corrected chi connectivity index (χ0v) is 24.4. The largest absolute Gasteiger partial charge is 0.493 e. The van der Waals surface area contributed by atoms with Gasteiger partial charge in [0.25, 0.3) is 5.56 Å². The summed E-state index contributed by atoms with van der Waals surface area (Å²) in [5.74, 6) is -0.649. The predicted molar refractivity (Wildman–Crippen MR) is 152 cm³/mol. The number of methoxy groups -OCH3 is 1. The number of carbonyl (C=O) groups is 3. The van der Waals surface area contributed by atoms with Gasteiger partial charge < -0.3 is 18.9 Å². The molecule has 0 unspecified atom stereocenters. The molecule has 2 aromatic carbocycles. The Morgan fingerprint density at radius 3 is 2.44 bits per heavy atom. The van der Waals surface area contributed by atoms with Crippen LogP contribution in [0, 0.1) is 5.92 Å². The van der Waals surface area contributed by atoms with Gasteiger partial charge in [-0.25, -0.2) is 9.79 Å². The molecule has 1 aliphatic heterocycles. The second kappa shape index (κ2) is 12.3. The molecule has 0 saturated carbocycles. The summed E-state index contributed by atoms with van der Waals surface area (Å²) in [5.41, 5.74) is 1.43. The monoisotopic (exact) mass is 578 g/mol. The van der Waals surface area contributed by atoms with Gasteiger partial charge in [-0.1, -0.05) is 43.4 Å². The Morgan fingerprint density at radius 2 is 1.78 bits per heavy atom. The van der Waals surface area contributed by atoms with Gasteiger partial charge >= 0.3 is 17.9 Å². The van der Waals surface area contributed by atoms with Crippen molar-refractivity contribution in [1.82, 2.24) is 4.57 Å². The van der Waals surface area contributed by atoms with Crippen molar-refractivity contribution in [2.45, 2.75) is 40.7 Å². The second-order valence-electron chi connectivity index (χ2n) is 9.74. The van der Waals surface area contributed by atoms with E-state index in [4.69, 9.17) is 18.9 Å². The molecule has 1 aliphatic rings. The molecule has 4 rings (SSSR count). The van der Waals surface area contributed by atoms with Crippen molar-refractivity contribution < 1.29 is 33.3 Å². The molecule has 0 N–H and O–H groups in total. The molecule has 1 aromatic heterocycles. The lowest BCUT2D eigenvalue weighted by Gasteiger charge is -2.25. The second-order valence-corrected chi connectivity index (χ2v) is 10.8. The van der Waals surface area contributed by atoms with Crippen LogP contribution in [0.2, 0.25) is 0 Å². The number of nitrogens with zero attached hydrogens (tertiary/aromatic N) is 2. The molecule has 0 amide bonds.